The number of nitrogens with zero attached hydrogens (tertiary/aromatic N) is 2. The molecule has 1 aromatic rings. The van der Waals surface area contributed by atoms with Gasteiger partial charge in [0.05, 0.1) is 23.1 Å². The number of nitrogens with one attached hydrogen (secondary N) is 1. The fraction of sp³-hybridized carbons (Fsp3) is 0.375. The molecule has 0 spiro atoms. The largest absolute Gasteiger partial charge is 0.463 e. The number of nitro groups is 1. The van der Waals surface area contributed by atoms with Crippen LogP contribution in [0.1, 0.15) is 32.4 Å². The van der Waals surface area contributed by atoms with Crippen molar-refractivity contribution in [1.29, 1.82) is 0 Å². The molecule has 2 rings (SSSR count). The van der Waals surface area contributed by atoms with Crippen LogP contribution in [-0.2, 0) is 9.53 Å². The number of carbonyl (C=O) groups excluding carboxylic acids is 1. The van der Waals surface area contributed by atoms with Gasteiger partial charge in [0, 0.05) is 18.3 Å². The molecule has 0 aliphatic carbocycles. The number of nitro benzene ring substituents is 1. The first kappa shape index (κ1) is 19.1. The first-order valence-electron chi connectivity index (χ1n) is 7.71. The number of esters is 1. The summed E-state index contributed by atoms with van der Waals surface area (Å²) in [6.07, 6.45) is 0. The van der Waals surface area contributed by atoms with Gasteiger partial charge < -0.3 is 15.0 Å². The molecule has 9 heteroatoms. The lowest BCUT2D eigenvalue weighted by Gasteiger charge is -2.37. The molecule has 1 aliphatic rings. The predicted molar refractivity (Wildman–Crippen MR) is 98.3 cm³/mol. The Morgan fingerprint density at radius 2 is 2.16 bits per heavy atom. The molecular formula is C16H18ClN3O4S. The summed E-state index contributed by atoms with van der Waals surface area (Å²) in [6, 6.07) is 3.76. The molecule has 25 heavy (non-hydrogen) atoms. The average Bonchev–Trinajstić information content (AvgIpc) is 2.55. The topological polar surface area (TPSA) is 84.7 Å². The van der Waals surface area contributed by atoms with Crippen molar-refractivity contribution < 1.29 is 14.5 Å². The third-order valence-electron chi connectivity index (χ3n) is 3.91. The maximum absolute atomic E-state index is 12.5. The molecule has 1 aromatic carbocycles. The lowest BCUT2D eigenvalue weighted by atomic mass is 9.94. The normalized spacial score (nSPS) is 17.4. The van der Waals surface area contributed by atoms with Crippen molar-refractivity contribution in [2.75, 3.05) is 13.2 Å². The highest BCUT2D eigenvalue weighted by molar-refractivity contribution is 7.80. The van der Waals surface area contributed by atoms with E-state index in [1.54, 1.807) is 24.8 Å². The molecule has 0 unspecified atom stereocenters. The summed E-state index contributed by atoms with van der Waals surface area (Å²) in [7, 11) is 0. The third-order valence-corrected chi connectivity index (χ3v) is 4.57. The molecule has 1 atom stereocenters. The second-order valence-electron chi connectivity index (χ2n) is 5.31. The van der Waals surface area contributed by atoms with Gasteiger partial charge in [0.15, 0.2) is 5.11 Å². The monoisotopic (exact) mass is 383 g/mol. The quantitative estimate of drug-likeness (QED) is 0.361. The van der Waals surface area contributed by atoms with E-state index >= 15 is 0 Å². The van der Waals surface area contributed by atoms with Crippen molar-refractivity contribution in [3.63, 3.8) is 0 Å². The molecule has 0 bridgehead atoms. The lowest BCUT2D eigenvalue weighted by molar-refractivity contribution is -0.384. The molecule has 0 saturated carbocycles. The molecule has 0 saturated heterocycles. The number of thiocarbonyl (C=S) groups is 1. The predicted octanol–water partition coefficient (Wildman–Crippen LogP) is 3.34. The maximum Gasteiger partial charge on any atom is 0.338 e. The Morgan fingerprint density at radius 3 is 2.72 bits per heavy atom. The number of hydrogen-bond acceptors (Lipinski definition) is 5. The summed E-state index contributed by atoms with van der Waals surface area (Å²) in [5.41, 5.74) is 1.31. The summed E-state index contributed by atoms with van der Waals surface area (Å²) in [6.45, 7) is 6.20. The van der Waals surface area contributed by atoms with Gasteiger partial charge in [-0.2, -0.15) is 0 Å². The summed E-state index contributed by atoms with van der Waals surface area (Å²) in [4.78, 5) is 24.9. The summed E-state index contributed by atoms with van der Waals surface area (Å²) in [5, 5.41) is 14.7. The second-order valence-corrected chi connectivity index (χ2v) is 6.11. The number of allylic oxidation sites excluding steroid dienone is 1. The van der Waals surface area contributed by atoms with Crippen LogP contribution >= 0.6 is 23.8 Å². The van der Waals surface area contributed by atoms with Crippen LogP contribution in [0.2, 0.25) is 5.02 Å². The summed E-state index contributed by atoms with van der Waals surface area (Å²) >= 11 is 11.2. The van der Waals surface area contributed by atoms with Gasteiger partial charge in [-0.1, -0.05) is 17.7 Å². The van der Waals surface area contributed by atoms with Gasteiger partial charge in [0.1, 0.15) is 5.02 Å². The Kier molecular flexibility index (Phi) is 5.97. The van der Waals surface area contributed by atoms with Gasteiger partial charge in [-0.25, -0.2) is 4.79 Å². The zero-order chi connectivity index (χ0) is 18.7. The van der Waals surface area contributed by atoms with E-state index in [1.165, 1.54) is 12.1 Å². The summed E-state index contributed by atoms with van der Waals surface area (Å²) < 4.78 is 5.17. The van der Waals surface area contributed by atoms with Crippen LogP contribution in [0.5, 0.6) is 0 Å². The maximum atomic E-state index is 12.5. The Bertz CT molecular complexity index is 766. The molecule has 0 fully saturated rings. The molecule has 134 valence electrons. The van der Waals surface area contributed by atoms with Crippen molar-refractivity contribution >= 4 is 40.6 Å². The first-order chi connectivity index (χ1) is 11.8. The van der Waals surface area contributed by atoms with E-state index < -0.39 is 16.9 Å². The van der Waals surface area contributed by atoms with Crippen LogP contribution in [0.3, 0.4) is 0 Å². The van der Waals surface area contributed by atoms with E-state index in [0.717, 1.165) is 0 Å². The average molecular weight is 384 g/mol. The van der Waals surface area contributed by atoms with E-state index in [4.69, 9.17) is 28.6 Å². The number of ether oxygens (including phenoxy) is 1. The number of hydrogen-bond donors (Lipinski definition) is 1. The van der Waals surface area contributed by atoms with Crippen LogP contribution < -0.4 is 5.32 Å². The van der Waals surface area contributed by atoms with Crippen LogP contribution in [-0.4, -0.2) is 34.1 Å². The zero-order valence-corrected chi connectivity index (χ0v) is 15.6. The highest BCUT2D eigenvalue weighted by Crippen LogP contribution is 2.35. The van der Waals surface area contributed by atoms with Gasteiger partial charge in [-0.05, 0) is 44.6 Å². The van der Waals surface area contributed by atoms with Crippen molar-refractivity contribution in [3.05, 3.63) is 50.2 Å². The Morgan fingerprint density at radius 1 is 1.48 bits per heavy atom. The van der Waals surface area contributed by atoms with Crippen LogP contribution in [0, 0.1) is 10.1 Å². The zero-order valence-electron chi connectivity index (χ0n) is 14.0. The van der Waals surface area contributed by atoms with Gasteiger partial charge in [0.2, 0.25) is 0 Å². The smallest absolute Gasteiger partial charge is 0.338 e. The van der Waals surface area contributed by atoms with E-state index in [9.17, 15) is 14.9 Å². The molecule has 1 N–H and O–H groups in total. The minimum absolute atomic E-state index is 0.0284. The molecule has 0 radical (unpaired) electrons. The Balaban J connectivity index is 2.59. The van der Waals surface area contributed by atoms with Gasteiger partial charge in [-0.3, -0.25) is 10.1 Å². The molecule has 0 aromatic heterocycles. The van der Waals surface area contributed by atoms with Crippen LogP contribution in [0.25, 0.3) is 0 Å². The second kappa shape index (κ2) is 7.79. The van der Waals surface area contributed by atoms with Crippen molar-refractivity contribution in [3.8, 4) is 0 Å². The van der Waals surface area contributed by atoms with Crippen molar-refractivity contribution in [1.82, 2.24) is 10.2 Å². The Labute approximate surface area is 155 Å². The Hall–Kier alpha value is -2.19. The number of rotatable bonds is 5. The van der Waals surface area contributed by atoms with E-state index in [1.807, 2.05) is 6.92 Å². The fourth-order valence-electron chi connectivity index (χ4n) is 2.73. The number of carbonyl (C=O) groups is 1. The third kappa shape index (κ3) is 3.74. The van der Waals surface area contributed by atoms with Crippen LogP contribution in [0.4, 0.5) is 5.69 Å². The van der Waals surface area contributed by atoms with Gasteiger partial charge in [-0.15, -0.1) is 0 Å². The molecule has 1 aliphatic heterocycles. The first-order valence-corrected chi connectivity index (χ1v) is 8.50. The molecule has 0 amide bonds. The fourth-order valence-corrected chi connectivity index (χ4v) is 3.30. The van der Waals surface area contributed by atoms with E-state index in [0.29, 0.717) is 28.5 Å². The van der Waals surface area contributed by atoms with Crippen molar-refractivity contribution in [2.45, 2.75) is 26.8 Å². The molecule has 1 heterocycles. The minimum Gasteiger partial charge on any atom is -0.463 e. The van der Waals surface area contributed by atoms with E-state index in [-0.39, 0.29) is 17.3 Å². The number of benzene rings is 1. The molecular weight excluding hydrogens is 366 g/mol. The lowest BCUT2D eigenvalue weighted by Crippen LogP contribution is -2.47. The highest BCUT2D eigenvalue weighted by atomic mass is 35.5. The van der Waals surface area contributed by atoms with Gasteiger partial charge in [0.25, 0.3) is 5.69 Å². The van der Waals surface area contributed by atoms with Crippen LogP contribution in [0.15, 0.2) is 29.5 Å². The minimum atomic E-state index is -0.648. The summed E-state index contributed by atoms with van der Waals surface area (Å²) in [5.74, 6) is -0.490. The van der Waals surface area contributed by atoms with Crippen molar-refractivity contribution in [2.24, 2.45) is 0 Å². The molecule has 7 nitrogen and oxygen atoms in total. The number of halogens is 1. The van der Waals surface area contributed by atoms with E-state index in [2.05, 4.69) is 5.32 Å². The van der Waals surface area contributed by atoms with Gasteiger partial charge >= 0.3 is 5.97 Å². The standard InChI is InChI=1S/C16H18ClN3O4S/c1-4-19-9(3)13(15(21)24-5-2)14(18-16(19)25)10-6-7-11(17)12(8-10)20(22)23/h6-8,14H,4-5H2,1-3H3,(H,18,25)/t14-/m0/s1. The highest BCUT2D eigenvalue weighted by Gasteiger charge is 2.35. The SMILES string of the molecule is CCOC(=O)C1=C(C)N(CC)C(=S)N[C@H]1c1ccc(Cl)c([N+](=O)[O-])c1.